The van der Waals surface area contributed by atoms with E-state index < -0.39 is 0 Å². The summed E-state index contributed by atoms with van der Waals surface area (Å²) in [4.78, 5) is 10.4. The fourth-order valence-corrected chi connectivity index (χ4v) is 1.27. The molecule has 1 aromatic carbocycles. The van der Waals surface area contributed by atoms with Crippen molar-refractivity contribution in [3.63, 3.8) is 0 Å². The van der Waals surface area contributed by atoms with Crippen LogP contribution in [-0.2, 0) is 6.42 Å². The number of carbonyl (C=O) groups excluding carboxylic acids is 1. The highest BCUT2D eigenvalue weighted by atomic mass is 35.5. The van der Waals surface area contributed by atoms with Gasteiger partial charge in [-0.15, -0.1) is 0 Å². The van der Waals surface area contributed by atoms with Crippen LogP contribution in [0.2, 0.25) is 5.02 Å². The van der Waals surface area contributed by atoms with Crippen LogP contribution in [0.3, 0.4) is 0 Å². The molecule has 0 heterocycles. The third kappa shape index (κ3) is 1.84. The van der Waals surface area contributed by atoms with Gasteiger partial charge < -0.3 is 5.11 Å². The lowest BCUT2D eigenvalue weighted by Gasteiger charge is -2.02. The van der Waals surface area contributed by atoms with Crippen molar-refractivity contribution < 1.29 is 9.90 Å². The largest absolute Gasteiger partial charge is 0.396 e. The quantitative estimate of drug-likeness (QED) is 0.726. The van der Waals surface area contributed by atoms with Crippen molar-refractivity contribution in [3.05, 3.63) is 34.3 Å². The maximum Gasteiger partial charge on any atom is 0.151 e. The molecule has 0 spiro atoms. The lowest BCUT2D eigenvalue weighted by atomic mass is 10.1. The first-order chi connectivity index (χ1) is 5.79. The van der Waals surface area contributed by atoms with Crippen molar-refractivity contribution in [3.8, 4) is 0 Å². The highest BCUT2D eigenvalue weighted by Gasteiger charge is 2.03. The summed E-state index contributed by atoms with van der Waals surface area (Å²) in [6, 6.07) is 5.20. The predicted octanol–water partition coefficient (Wildman–Crippen LogP) is 1.69. The first-order valence-corrected chi connectivity index (χ1v) is 4.01. The third-order valence-electron chi connectivity index (χ3n) is 1.62. The van der Waals surface area contributed by atoms with Crippen molar-refractivity contribution in [1.29, 1.82) is 0 Å². The maximum absolute atomic E-state index is 10.4. The number of aliphatic hydroxyl groups excluding tert-OH is 1. The molecule has 0 aromatic heterocycles. The molecule has 0 aliphatic rings. The van der Waals surface area contributed by atoms with Gasteiger partial charge in [0.2, 0.25) is 0 Å². The standard InChI is InChI=1S/C9H9ClO2/c10-9-7(4-5-11)2-1-3-8(9)6-12/h1-3,6,11H,4-5H2. The highest BCUT2D eigenvalue weighted by molar-refractivity contribution is 6.33. The number of aldehydes is 1. The number of benzene rings is 1. The second kappa shape index (κ2) is 4.24. The van der Waals surface area contributed by atoms with Gasteiger partial charge in [-0.25, -0.2) is 0 Å². The van der Waals surface area contributed by atoms with Crippen LogP contribution in [0.15, 0.2) is 18.2 Å². The first-order valence-electron chi connectivity index (χ1n) is 3.63. The fourth-order valence-electron chi connectivity index (χ4n) is 1.00. The van der Waals surface area contributed by atoms with Crippen LogP contribution in [0.4, 0.5) is 0 Å². The zero-order valence-corrected chi connectivity index (χ0v) is 7.21. The monoisotopic (exact) mass is 184 g/mol. The third-order valence-corrected chi connectivity index (χ3v) is 2.08. The highest BCUT2D eigenvalue weighted by Crippen LogP contribution is 2.19. The van der Waals surface area contributed by atoms with E-state index >= 15 is 0 Å². The average Bonchev–Trinajstić information content (AvgIpc) is 2.09. The predicted molar refractivity (Wildman–Crippen MR) is 47.6 cm³/mol. The van der Waals surface area contributed by atoms with Crippen molar-refractivity contribution in [1.82, 2.24) is 0 Å². The van der Waals surface area contributed by atoms with Crippen molar-refractivity contribution in [2.45, 2.75) is 6.42 Å². The van der Waals surface area contributed by atoms with Gasteiger partial charge in [-0.2, -0.15) is 0 Å². The fraction of sp³-hybridized carbons (Fsp3) is 0.222. The molecule has 1 rings (SSSR count). The summed E-state index contributed by atoms with van der Waals surface area (Å²) in [5, 5.41) is 9.11. The molecule has 0 saturated carbocycles. The van der Waals surface area contributed by atoms with E-state index in [2.05, 4.69) is 0 Å². The molecule has 0 fully saturated rings. The lowest BCUT2D eigenvalue weighted by Crippen LogP contribution is -1.94. The molecule has 2 nitrogen and oxygen atoms in total. The Kier molecular flexibility index (Phi) is 3.26. The summed E-state index contributed by atoms with van der Waals surface area (Å²) in [6.45, 7) is 0.0437. The van der Waals surface area contributed by atoms with E-state index in [0.29, 0.717) is 23.3 Å². The van der Waals surface area contributed by atoms with Gasteiger partial charge in [0, 0.05) is 12.2 Å². The number of carbonyl (C=O) groups is 1. The molecule has 0 radical (unpaired) electrons. The van der Waals surface area contributed by atoms with E-state index in [1.807, 2.05) is 0 Å². The molecular weight excluding hydrogens is 176 g/mol. The molecule has 0 amide bonds. The Hall–Kier alpha value is -0.860. The number of hydrogen-bond acceptors (Lipinski definition) is 2. The van der Waals surface area contributed by atoms with E-state index in [0.717, 1.165) is 5.56 Å². The van der Waals surface area contributed by atoms with Crippen LogP contribution < -0.4 is 0 Å². The van der Waals surface area contributed by atoms with Gasteiger partial charge in [-0.05, 0) is 12.0 Å². The second-order valence-corrected chi connectivity index (χ2v) is 2.79. The zero-order valence-electron chi connectivity index (χ0n) is 6.46. The molecule has 12 heavy (non-hydrogen) atoms. The molecular formula is C9H9ClO2. The summed E-state index contributed by atoms with van der Waals surface area (Å²) >= 11 is 5.85. The van der Waals surface area contributed by atoms with Crippen LogP contribution in [0.1, 0.15) is 15.9 Å². The Morgan fingerprint density at radius 2 is 2.25 bits per heavy atom. The number of hydrogen-bond donors (Lipinski definition) is 1. The molecule has 1 N–H and O–H groups in total. The van der Waals surface area contributed by atoms with Crippen molar-refractivity contribution in [2.24, 2.45) is 0 Å². The molecule has 0 unspecified atom stereocenters. The summed E-state index contributed by atoms with van der Waals surface area (Å²) in [5.41, 5.74) is 1.28. The van der Waals surface area contributed by atoms with Gasteiger partial charge in [0.15, 0.2) is 6.29 Å². The van der Waals surface area contributed by atoms with Gasteiger partial charge in [0.1, 0.15) is 0 Å². The van der Waals surface area contributed by atoms with E-state index in [-0.39, 0.29) is 6.61 Å². The normalized spacial score (nSPS) is 9.83. The van der Waals surface area contributed by atoms with Crippen molar-refractivity contribution >= 4 is 17.9 Å². The number of aliphatic hydroxyl groups is 1. The second-order valence-electron chi connectivity index (χ2n) is 2.41. The molecule has 0 aliphatic heterocycles. The minimum atomic E-state index is 0.0437. The van der Waals surface area contributed by atoms with Crippen molar-refractivity contribution in [2.75, 3.05) is 6.61 Å². The lowest BCUT2D eigenvalue weighted by molar-refractivity contribution is 0.112. The summed E-state index contributed by atoms with van der Waals surface area (Å²) in [6.07, 6.45) is 1.20. The number of halogens is 1. The van der Waals surface area contributed by atoms with E-state index in [1.165, 1.54) is 0 Å². The van der Waals surface area contributed by atoms with Gasteiger partial charge in [0.05, 0.1) is 5.02 Å². The number of rotatable bonds is 3. The summed E-state index contributed by atoms with van der Waals surface area (Å²) in [5.74, 6) is 0. The molecule has 1 aromatic rings. The van der Waals surface area contributed by atoms with Crippen LogP contribution in [0.5, 0.6) is 0 Å². The molecule has 0 bridgehead atoms. The smallest absolute Gasteiger partial charge is 0.151 e. The van der Waals surface area contributed by atoms with Gasteiger partial charge in [0.25, 0.3) is 0 Å². The zero-order chi connectivity index (χ0) is 8.97. The van der Waals surface area contributed by atoms with Gasteiger partial charge in [-0.1, -0.05) is 29.8 Å². The average molecular weight is 185 g/mol. The topological polar surface area (TPSA) is 37.3 Å². The Balaban J connectivity index is 3.04. The van der Waals surface area contributed by atoms with Crippen LogP contribution >= 0.6 is 11.6 Å². The molecule has 3 heteroatoms. The minimum Gasteiger partial charge on any atom is -0.396 e. The maximum atomic E-state index is 10.4. The van der Waals surface area contributed by atoms with E-state index in [1.54, 1.807) is 18.2 Å². The Morgan fingerprint density at radius 1 is 1.50 bits per heavy atom. The Labute approximate surface area is 75.8 Å². The molecule has 0 atom stereocenters. The van der Waals surface area contributed by atoms with Crippen LogP contribution in [-0.4, -0.2) is 18.0 Å². The van der Waals surface area contributed by atoms with Crippen LogP contribution in [0, 0.1) is 0 Å². The molecule has 0 aliphatic carbocycles. The minimum absolute atomic E-state index is 0.0437. The molecule has 64 valence electrons. The summed E-state index contributed by atoms with van der Waals surface area (Å²) in [7, 11) is 0. The Bertz CT molecular complexity index is 284. The Morgan fingerprint density at radius 3 is 2.83 bits per heavy atom. The van der Waals surface area contributed by atoms with E-state index in [4.69, 9.17) is 16.7 Å². The van der Waals surface area contributed by atoms with E-state index in [9.17, 15) is 4.79 Å². The van der Waals surface area contributed by atoms with Gasteiger partial charge in [-0.3, -0.25) is 4.79 Å². The van der Waals surface area contributed by atoms with Crippen LogP contribution in [0.25, 0.3) is 0 Å². The first kappa shape index (κ1) is 9.23. The van der Waals surface area contributed by atoms with Gasteiger partial charge >= 0.3 is 0 Å². The molecule has 0 saturated heterocycles. The SMILES string of the molecule is O=Cc1cccc(CCO)c1Cl. The summed E-state index contributed by atoms with van der Waals surface area (Å²) < 4.78 is 0.